The van der Waals surface area contributed by atoms with Gasteiger partial charge in [0.15, 0.2) is 0 Å². The number of halogens is 5. The lowest BCUT2D eigenvalue weighted by molar-refractivity contribution is -0.348. The third-order valence-corrected chi connectivity index (χ3v) is 4.59. The summed E-state index contributed by atoms with van der Waals surface area (Å²) in [4.78, 5) is 24.1. The van der Waals surface area contributed by atoms with Gasteiger partial charge in [-0.2, -0.15) is 30.4 Å². The maximum Gasteiger partial charge on any atom is 0.466 e. The average molecular weight is 475 g/mol. The van der Waals surface area contributed by atoms with E-state index in [0.717, 1.165) is 6.92 Å². The van der Waals surface area contributed by atoms with Crippen LogP contribution in [-0.2, 0) is 35.7 Å². The molecule has 1 unspecified atom stereocenters. The number of carbonyl (C=O) groups is 2. The Hall–Kier alpha value is -2.58. The molecule has 0 fully saturated rings. The number of ether oxygens (including phenoxy) is 2. The van der Waals surface area contributed by atoms with Gasteiger partial charge in [0.25, 0.3) is 0 Å². The van der Waals surface area contributed by atoms with Crippen molar-refractivity contribution in [1.29, 1.82) is 0 Å². The van der Waals surface area contributed by atoms with Crippen LogP contribution < -0.4 is 5.32 Å². The first kappa shape index (κ1) is 26.5. The molecule has 8 nitrogen and oxygen atoms in total. The monoisotopic (exact) mass is 475 g/mol. The van der Waals surface area contributed by atoms with Crippen molar-refractivity contribution in [1.82, 2.24) is 5.32 Å². The molecule has 1 aromatic rings. The lowest BCUT2D eigenvalue weighted by atomic mass is 10.2. The van der Waals surface area contributed by atoms with E-state index in [9.17, 15) is 40.0 Å². The second-order valence-corrected chi connectivity index (χ2v) is 7.71. The van der Waals surface area contributed by atoms with Gasteiger partial charge in [-0.1, -0.05) is 36.9 Å². The van der Waals surface area contributed by atoms with Gasteiger partial charge in [-0.15, -0.1) is 0 Å². The molecule has 31 heavy (non-hydrogen) atoms. The minimum Gasteiger partial charge on any atom is -0.412 e. The van der Waals surface area contributed by atoms with E-state index in [4.69, 9.17) is 4.55 Å². The zero-order valence-electron chi connectivity index (χ0n) is 15.9. The average Bonchev–Trinajstić information content (AvgIpc) is 2.63. The highest BCUT2D eigenvalue weighted by Gasteiger charge is 2.66. The smallest absolute Gasteiger partial charge is 0.412 e. The van der Waals surface area contributed by atoms with Crippen LogP contribution in [0.15, 0.2) is 42.5 Å². The Morgan fingerprint density at radius 1 is 1.13 bits per heavy atom. The van der Waals surface area contributed by atoms with Gasteiger partial charge < -0.3 is 14.8 Å². The SMILES string of the molecule is C=C(C)C(=O)OC(OCCC(F)(F)S(=O)(=O)O)(C(=O)NCc1ccccc1)C(F)(F)F. The van der Waals surface area contributed by atoms with Gasteiger partial charge in [0.1, 0.15) is 0 Å². The second kappa shape index (κ2) is 9.70. The largest absolute Gasteiger partial charge is 0.466 e. The molecular weight excluding hydrogens is 457 g/mol. The van der Waals surface area contributed by atoms with Crippen molar-refractivity contribution in [2.45, 2.75) is 37.1 Å². The first-order valence-corrected chi connectivity index (χ1v) is 9.74. The standard InChI is InChI=1S/C17H18F5NO7S/c1-11(2)13(24)30-16(17(20,21)22,29-9-8-15(18,19)31(26,27)28)14(25)23-10-12-6-4-3-5-7-12/h3-7H,1,8-10H2,2H3,(H,23,25)(H,26,27,28). The molecule has 0 aliphatic heterocycles. The molecule has 0 radical (unpaired) electrons. The molecule has 0 saturated carbocycles. The van der Waals surface area contributed by atoms with Crippen molar-refractivity contribution < 1.29 is 54.0 Å². The normalized spacial score (nSPS) is 14.4. The van der Waals surface area contributed by atoms with Crippen LogP contribution in [-0.4, -0.2) is 48.7 Å². The topological polar surface area (TPSA) is 119 Å². The summed E-state index contributed by atoms with van der Waals surface area (Å²) in [6, 6.07) is 7.53. The van der Waals surface area contributed by atoms with Crippen LogP contribution in [0.3, 0.4) is 0 Å². The summed E-state index contributed by atoms with van der Waals surface area (Å²) in [5, 5.41) is -3.06. The van der Waals surface area contributed by atoms with Crippen LogP contribution in [0.1, 0.15) is 18.9 Å². The summed E-state index contributed by atoms with van der Waals surface area (Å²) in [6.07, 6.45) is -7.74. The lowest BCUT2D eigenvalue weighted by Crippen LogP contribution is -2.61. The molecule has 0 heterocycles. The predicted molar refractivity (Wildman–Crippen MR) is 95.0 cm³/mol. The van der Waals surface area contributed by atoms with E-state index in [0.29, 0.717) is 5.56 Å². The number of hydrogen-bond acceptors (Lipinski definition) is 6. The highest BCUT2D eigenvalue weighted by atomic mass is 32.2. The van der Waals surface area contributed by atoms with Crippen molar-refractivity contribution in [3.63, 3.8) is 0 Å². The van der Waals surface area contributed by atoms with Gasteiger partial charge in [0, 0.05) is 12.1 Å². The van der Waals surface area contributed by atoms with Crippen molar-refractivity contribution in [3.05, 3.63) is 48.0 Å². The van der Waals surface area contributed by atoms with Crippen LogP contribution in [0.25, 0.3) is 0 Å². The molecule has 1 aromatic carbocycles. The number of carbonyl (C=O) groups excluding carboxylic acids is 2. The zero-order chi connectivity index (χ0) is 24.1. The summed E-state index contributed by atoms with van der Waals surface area (Å²) < 4.78 is 106. The van der Waals surface area contributed by atoms with Crippen molar-refractivity contribution in [2.24, 2.45) is 0 Å². The van der Waals surface area contributed by atoms with E-state index < -0.39 is 64.4 Å². The molecule has 0 saturated heterocycles. The Labute approximate surface area is 173 Å². The van der Waals surface area contributed by atoms with Gasteiger partial charge >= 0.3 is 39.2 Å². The Bertz CT molecular complexity index is 919. The highest BCUT2D eigenvalue weighted by Crippen LogP contribution is 2.37. The quantitative estimate of drug-likeness (QED) is 0.176. The van der Waals surface area contributed by atoms with Crippen LogP contribution in [0, 0.1) is 0 Å². The van der Waals surface area contributed by atoms with Gasteiger partial charge in [-0.05, 0) is 12.5 Å². The fourth-order valence-corrected chi connectivity index (χ4v) is 2.31. The summed E-state index contributed by atoms with van der Waals surface area (Å²) in [6.45, 7) is 1.80. The van der Waals surface area contributed by atoms with Crippen LogP contribution in [0.5, 0.6) is 0 Å². The first-order chi connectivity index (χ1) is 14.0. The molecule has 1 amide bonds. The Balaban J connectivity index is 3.22. The Kier molecular flexibility index (Phi) is 8.28. The zero-order valence-corrected chi connectivity index (χ0v) is 16.7. The molecule has 0 aromatic heterocycles. The maximum atomic E-state index is 13.8. The van der Waals surface area contributed by atoms with Crippen molar-refractivity contribution in [3.8, 4) is 0 Å². The number of hydrogen-bond donors (Lipinski definition) is 2. The van der Waals surface area contributed by atoms with E-state index in [1.807, 2.05) is 5.32 Å². The molecule has 1 rings (SSSR count). The number of esters is 1. The molecule has 0 aliphatic carbocycles. The molecule has 2 N–H and O–H groups in total. The molecule has 1 atom stereocenters. The Morgan fingerprint density at radius 2 is 1.68 bits per heavy atom. The van der Waals surface area contributed by atoms with Crippen LogP contribution in [0.2, 0.25) is 0 Å². The first-order valence-electron chi connectivity index (χ1n) is 8.30. The number of alkyl halides is 5. The van der Waals surface area contributed by atoms with E-state index in [1.54, 1.807) is 6.07 Å². The van der Waals surface area contributed by atoms with Crippen LogP contribution >= 0.6 is 0 Å². The summed E-state index contributed by atoms with van der Waals surface area (Å²) in [7, 11) is -5.98. The minimum atomic E-state index is -5.98. The van der Waals surface area contributed by atoms with Crippen LogP contribution in [0.4, 0.5) is 22.0 Å². The summed E-state index contributed by atoms with van der Waals surface area (Å²) >= 11 is 0. The number of amides is 1. The van der Waals surface area contributed by atoms with Gasteiger partial charge in [0.2, 0.25) is 0 Å². The van der Waals surface area contributed by atoms with E-state index >= 15 is 0 Å². The lowest BCUT2D eigenvalue weighted by Gasteiger charge is -2.33. The number of nitrogens with one attached hydrogen (secondary N) is 1. The number of benzene rings is 1. The predicted octanol–water partition coefficient (Wildman–Crippen LogP) is 2.57. The second-order valence-electron chi connectivity index (χ2n) is 6.16. The molecule has 0 spiro atoms. The maximum absolute atomic E-state index is 13.8. The van der Waals surface area contributed by atoms with Crippen molar-refractivity contribution in [2.75, 3.05) is 6.61 Å². The third-order valence-electron chi connectivity index (χ3n) is 3.63. The van der Waals surface area contributed by atoms with E-state index in [1.165, 1.54) is 24.3 Å². The van der Waals surface area contributed by atoms with E-state index in [2.05, 4.69) is 16.1 Å². The van der Waals surface area contributed by atoms with E-state index in [-0.39, 0.29) is 0 Å². The van der Waals surface area contributed by atoms with Crippen molar-refractivity contribution >= 4 is 22.0 Å². The molecule has 0 bridgehead atoms. The minimum absolute atomic E-state index is 0.344. The van der Waals surface area contributed by atoms with Gasteiger partial charge in [-0.3, -0.25) is 9.35 Å². The summed E-state index contributed by atoms with van der Waals surface area (Å²) in [5.74, 6) is -8.19. The fourth-order valence-electron chi connectivity index (χ4n) is 1.96. The van der Waals surface area contributed by atoms with Gasteiger partial charge in [0.05, 0.1) is 13.0 Å². The molecular formula is C17H18F5NO7S. The number of rotatable bonds is 10. The fraction of sp³-hybridized carbons (Fsp3) is 0.412. The summed E-state index contributed by atoms with van der Waals surface area (Å²) in [5.41, 5.74) is -0.229. The highest BCUT2D eigenvalue weighted by molar-refractivity contribution is 7.86. The molecule has 0 aliphatic rings. The third kappa shape index (κ3) is 6.70. The Morgan fingerprint density at radius 3 is 2.13 bits per heavy atom. The molecule has 14 heteroatoms. The molecule has 174 valence electrons. The van der Waals surface area contributed by atoms with Gasteiger partial charge in [-0.25, -0.2) is 4.79 Å².